The van der Waals surface area contributed by atoms with Crippen LogP contribution in [0, 0.1) is 23.2 Å². The number of carbonyl (C=O) groups excluding carboxylic acids is 1. The first-order valence-electron chi connectivity index (χ1n) is 6.40. The third-order valence-electron chi connectivity index (χ3n) is 3.45. The SMILES string of the molecule is CC(=O)c1c(C)[n+]([O-])c2cc(-n3ccnc3)c(F)cc2[n+]1[O-]. The quantitative estimate of drug-likeness (QED) is 0.400. The molecule has 3 rings (SSSR count). The van der Waals surface area contributed by atoms with E-state index in [1.165, 1.54) is 43.2 Å². The Morgan fingerprint density at radius 3 is 2.55 bits per heavy atom. The maximum absolute atomic E-state index is 14.2. The number of hydrogen-bond donors (Lipinski definition) is 0. The van der Waals surface area contributed by atoms with Gasteiger partial charge in [-0.3, -0.25) is 4.79 Å². The number of Topliss-reactive ketones (excluding diaryl/α,β-unsaturated/α-hetero) is 1. The lowest BCUT2D eigenvalue weighted by atomic mass is 10.2. The fraction of sp³-hybridized carbons (Fsp3) is 0.143. The van der Waals surface area contributed by atoms with Crippen LogP contribution < -0.4 is 9.46 Å². The molecule has 8 heteroatoms. The van der Waals surface area contributed by atoms with Crippen molar-refractivity contribution in [2.24, 2.45) is 0 Å². The molecule has 0 spiro atoms. The molecule has 1 aromatic carbocycles. The summed E-state index contributed by atoms with van der Waals surface area (Å²) in [6, 6.07) is 2.20. The second-order valence-electron chi connectivity index (χ2n) is 4.84. The van der Waals surface area contributed by atoms with E-state index in [1.54, 1.807) is 0 Å². The lowest BCUT2D eigenvalue weighted by molar-refractivity contribution is -0.635. The first kappa shape index (κ1) is 13.9. The Kier molecular flexibility index (Phi) is 3.01. The third-order valence-corrected chi connectivity index (χ3v) is 3.45. The highest BCUT2D eigenvalue weighted by Gasteiger charge is 2.29. The van der Waals surface area contributed by atoms with Gasteiger partial charge in [0.25, 0.3) is 16.7 Å². The molecule has 112 valence electrons. The Labute approximate surface area is 124 Å². The van der Waals surface area contributed by atoms with Crippen molar-refractivity contribution in [2.45, 2.75) is 13.8 Å². The minimum absolute atomic E-state index is 0.0254. The maximum Gasteiger partial charge on any atom is 0.328 e. The summed E-state index contributed by atoms with van der Waals surface area (Å²) >= 11 is 0. The molecule has 0 atom stereocenters. The summed E-state index contributed by atoms with van der Waals surface area (Å²) in [5.74, 6) is -1.26. The summed E-state index contributed by atoms with van der Waals surface area (Å²) in [7, 11) is 0. The Balaban J connectivity index is 2.42. The van der Waals surface area contributed by atoms with Crippen LogP contribution in [-0.2, 0) is 0 Å². The molecule has 0 aliphatic heterocycles. The molecule has 0 aliphatic rings. The molecular weight excluding hydrogens is 291 g/mol. The molecule has 0 radical (unpaired) electrons. The van der Waals surface area contributed by atoms with Gasteiger partial charge in [0.1, 0.15) is 0 Å². The zero-order valence-corrected chi connectivity index (χ0v) is 11.8. The van der Waals surface area contributed by atoms with Crippen LogP contribution >= 0.6 is 0 Å². The van der Waals surface area contributed by atoms with Gasteiger partial charge >= 0.3 is 5.69 Å². The van der Waals surface area contributed by atoms with Crippen molar-refractivity contribution in [3.8, 4) is 5.69 Å². The van der Waals surface area contributed by atoms with Gasteiger partial charge in [0.05, 0.1) is 18.1 Å². The molecule has 0 amide bonds. The summed E-state index contributed by atoms with van der Waals surface area (Å²) in [5, 5.41) is 24.6. The van der Waals surface area contributed by atoms with Gasteiger partial charge in [-0.25, -0.2) is 9.37 Å². The van der Waals surface area contributed by atoms with E-state index in [4.69, 9.17) is 0 Å². The molecule has 22 heavy (non-hydrogen) atoms. The van der Waals surface area contributed by atoms with E-state index in [9.17, 15) is 19.6 Å². The largest absolute Gasteiger partial charge is 0.618 e. The molecule has 0 unspecified atom stereocenters. The van der Waals surface area contributed by atoms with Crippen molar-refractivity contribution in [3.05, 3.63) is 58.5 Å². The molecule has 2 aromatic heterocycles. The zero-order valence-electron chi connectivity index (χ0n) is 11.8. The maximum atomic E-state index is 14.2. The van der Waals surface area contributed by atoms with Gasteiger partial charge in [0.2, 0.25) is 5.78 Å². The van der Waals surface area contributed by atoms with Gasteiger partial charge in [0, 0.05) is 32.3 Å². The number of ketones is 1. The van der Waals surface area contributed by atoms with Crippen molar-refractivity contribution >= 4 is 16.8 Å². The Morgan fingerprint density at radius 2 is 1.95 bits per heavy atom. The first-order chi connectivity index (χ1) is 10.4. The van der Waals surface area contributed by atoms with Gasteiger partial charge in [-0.1, -0.05) is 0 Å². The zero-order chi connectivity index (χ0) is 16.0. The van der Waals surface area contributed by atoms with Gasteiger partial charge < -0.3 is 15.0 Å². The van der Waals surface area contributed by atoms with E-state index < -0.39 is 11.6 Å². The van der Waals surface area contributed by atoms with Crippen molar-refractivity contribution in [1.29, 1.82) is 0 Å². The van der Waals surface area contributed by atoms with E-state index in [1.807, 2.05) is 0 Å². The number of aromatic nitrogens is 4. The molecule has 3 aromatic rings. The summed E-state index contributed by atoms with van der Waals surface area (Å²) < 4.78 is 16.4. The standard InChI is InChI=1S/C14H11FN4O3/c1-8-14(9(2)20)19(22)12-5-10(15)11(6-13(12)18(8)21)17-4-3-16-7-17/h3-7H,1-2H3. The molecule has 2 heterocycles. The molecule has 0 bridgehead atoms. The molecule has 0 aliphatic carbocycles. The van der Waals surface area contributed by atoms with E-state index in [0.717, 1.165) is 6.07 Å². The number of imidazole rings is 1. The van der Waals surface area contributed by atoms with Crippen LogP contribution in [0.4, 0.5) is 4.39 Å². The van der Waals surface area contributed by atoms with E-state index >= 15 is 0 Å². The van der Waals surface area contributed by atoms with Crippen LogP contribution in [0.25, 0.3) is 16.7 Å². The summed E-state index contributed by atoms with van der Waals surface area (Å²) in [6.45, 7) is 2.55. The van der Waals surface area contributed by atoms with Crippen LogP contribution in [0.1, 0.15) is 23.1 Å². The molecular formula is C14H11FN4O3. The average Bonchev–Trinajstić information content (AvgIpc) is 2.98. The summed E-state index contributed by atoms with van der Waals surface area (Å²) in [4.78, 5) is 15.4. The second kappa shape index (κ2) is 4.76. The molecule has 0 N–H and O–H groups in total. The van der Waals surface area contributed by atoms with Crippen molar-refractivity contribution in [1.82, 2.24) is 9.55 Å². The highest BCUT2D eigenvalue weighted by molar-refractivity contribution is 5.92. The topological polar surface area (TPSA) is 88.8 Å². The normalized spacial score (nSPS) is 11.0. The van der Waals surface area contributed by atoms with Crippen LogP contribution in [0.2, 0.25) is 0 Å². The van der Waals surface area contributed by atoms with Crippen molar-refractivity contribution in [3.63, 3.8) is 0 Å². The lowest BCUT2D eigenvalue weighted by Crippen LogP contribution is -2.46. The van der Waals surface area contributed by atoms with Crippen molar-refractivity contribution in [2.75, 3.05) is 0 Å². The van der Waals surface area contributed by atoms with Gasteiger partial charge in [0.15, 0.2) is 5.82 Å². The van der Waals surface area contributed by atoms with Gasteiger partial charge in [-0.05, 0) is 0 Å². The van der Waals surface area contributed by atoms with Crippen LogP contribution in [0.5, 0.6) is 0 Å². The predicted octanol–water partition coefficient (Wildman–Crippen LogP) is 0.942. The van der Waals surface area contributed by atoms with Crippen LogP contribution in [0.3, 0.4) is 0 Å². The second-order valence-corrected chi connectivity index (χ2v) is 4.84. The number of rotatable bonds is 2. The predicted molar refractivity (Wildman–Crippen MR) is 73.7 cm³/mol. The lowest BCUT2D eigenvalue weighted by Gasteiger charge is -2.11. The minimum atomic E-state index is -0.701. The fourth-order valence-corrected chi connectivity index (χ4v) is 2.41. The van der Waals surface area contributed by atoms with Crippen molar-refractivity contribution < 1.29 is 18.6 Å². The van der Waals surface area contributed by atoms with E-state index in [0.29, 0.717) is 9.46 Å². The van der Waals surface area contributed by atoms with Crippen LogP contribution in [-0.4, -0.2) is 15.3 Å². The molecule has 0 saturated heterocycles. The number of benzene rings is 1. The highest BCUT2D eigenvalue weighted by Crippen LogP contribution is 2.19. The van der Waals surface area contributed by atoms with Crippen LogP contribution in [0.15, 0.2) is 30.9 Å². The monoisotopic (exact) mass is 302 g/mol. The van der Waals surface area contributed by atoms with E-state index in [-0.39, 0.29) is 28.1 Å². The number of nitrogens with zero attached hydrogens (tertiary/aromatic N) is 4. The number of hydrogen-bond acceptors (Lipinski definition) is 4. The fourth-order valence-electron chi connectivity index (χ4n) is 2.41. The minimum Gasteiger partial charge on any atom is -0.618 e. The summed E-state index contributed by atoms with van der Waals surface area (Å²) in [6.07, 6.45) is 4.36. The first-order valence-corrected chi connectivity index (χ1v) is 6.40. The Bertz CT molecular complexity index is 907. The average molecular weight is 302 g/mol. The molecule has 0 saturated carbocycles. The third kappa shape index (κ3) is 1.88. The number of halogens is 1. The van der Waals surface area contributed by atoms with Gasteiger partial charge in [-0.15, -0.1) is 0 Å². The highest BCUT2D eigenvalue weighted by atomic mass is 19.1. The molecule has 0 fully saturated rings. The summed E-state index contributed by atoms with van der Waals surface area (Å²) in [5.41, 5.74) is -0.463. The van der Waals surface area contributed by atoms with Gasteiger partial charge in [-0.2, -0.15) is 9.46 Å². The smallest absolute Gasteiger partial charge is 0.328 e. The number of fused-ring (bicyclic) bond motifs is 1. The van der Waals surface area contributed by atoms with E-state index in [2.05, 4.69) is 4.98 Å². The Hall–Kier alpha value is -3.03. The molecule has 7 nitrogen and oxygen atoms in total. The Morgan fingerprint density at radius 1 is 1.27 bits per heavy atom. The number of carbonyl (C=O) groups is 1.